The summed E-state index contributed by atoms with van der Waals surface area (Å²) < 4.78 is 5.03. The van der Waals surface area contributed by atoms with Gasteiger partial charge in [-0.1, -0.05) is 18.1 Å². The van der Waals surface area contributed by atoms with Crippen LogP contribution in [0.5, 0.6) is 5.75 Å². The van der Waals surface area contributed by atoms with Gasteiger partial charge in [0.2, 0.25) is 0 Å². The smallest absolute Gasteiger partial charge is 0.315 e. The Balaban J connectivity index is 2.37. The van der Waals surface area contributed by atoms with Crippen LogP contribution in [0.2, 0.25) is 0 Å². The van der Waals surface area contributed by atoms with Crippen molar-refractivity contribution in [2.45, 2.75) is 6.54 Å². The molecule has 4 heteroatoms. The lowest BCUT2D eigenvalue weighted by atomic mass is 10.2. The fraction of sp³-hybridized carbons (Fsp3) is 0.250. The third kappa shape index (κ3) is 3.93. The number of methoxy groups -OCH3 is 1. The Labute approximate surface area is 95.0 Å². The summed E-state index contributed by atoms with van der Waals surface area (Å²) in [6, 6.07) is 7.20. The Morgan fingerprint density at radius 2 is 2.06 bits per heavy atom. The highest BCUT2D eigenvalue weighted by Crippen LogP contribution is 2.10. The van der Waals surface area contributed by atoms with Crippen LogP contribution in [0.15, 0.2) is 24.3 Å². The maximum atomic E-state index is 11.2. The fourth-order valence-corrected chi connectivity index (χ4v) is 1.12. The highest BCUT2D eigenvalue weighted by atomic mass is 16.5. The Bertz CT molecular complexity index is 379. The monoisotopic (exact) mass is 218 g/mol. The number of hydrogen-bond donors (Lipinski definition) is 2. The van der Waals surface area contributed by atoms with Gasteiger partial charge in [0.15, 0.2) is 0 Å². The predicted octanol–water partition coefficient (Wildman–Crippen LogP) is 1.13. The number of carbonyl (C=O) groups is 1. The van der Waals surface area contributed by atoms with Crippen molar-refractivity contribution in [3.63, 3.8) is 0 Å². The fourth-order valence-electron chi connectivity index (χ4n) is 1.12. The minimum Gasteiger partial charge on any atom is -0.497 e. The summed E-state index contributed by atoms with van der Waals surface area (Å²) in [6.45, 7) is 0.689. The van der Waals surface area contributed by atoms with Crippen LogP contribution in [0.25, 0.3) is 0 Å². The van der Waals surface area contributed by atoms with Gasteiger partial charge in [0.25, 0.3) is 0 Å². The summed E-state index contributed by atoms with van der Waals surface area (Å²) in [5.41, 5.74) is 0.997. The molecule has 1 aromatic carbocycles. The van der Waals surface area contributed by atoms with Crippen LogP contribution < -0.4 is 15.4 Å². The molecule has 0 saturated heterocycles. The minimum absolute atomic E-state index is 0.231. The second kappa shape index (κ2) is 6.36. The molecule has 2 N–H and O–H groups in total. The molecule has 0 heterocycles. The molecule has 0 aromatic heterocycles. The van der Waals surface area contributed by atoms with E-state index in [0.29, 0.717) is 6.54 Å². The van der Waals surface area contributed by atoms with Gasteiger partial charge in [0.1, 0.15) is 5.75 Å². The van der Waals surface area contributed by atoms with E-state index in [2.05, 4.69) is 16.6 Å². The summed E-state index contributed by atoms with van der Waals surface area (Å²) in [5.74, 6) is 3.12. The van der Waals surface area contributed by atoms with Crippen molar-refractivity contribution < 1.29 is 9.53 Å². The second-order valence-electron chi connectivity index (χ2n) is 3.09. The first kappa shape index (κ1) is 11.9. The maximum absolute atomic E-state index is 11.2. The normalized spacial score (nSPS) is 9.00. The third-order valence-electron chi connectivity index (χ3n) is 1.96. The first-order valence-electron chi connectivity index (χ1n) is 4.84. The van der Waals surface area contributed by atoms with Crippen LogP contribution in [0.4, 0.5) is 4.79 Å². The molecular formula is C12H14N2O2. The second-order valence-corrected chi connectivity index (χ2v) is 3.09. The number of rotatable bonds is 4. The van der Waals surface area contributed by atoms with Crippen LogP contribution in [0.3, 0.4) is 0 Å². The molecule has 0 aliphatic heterocycles. The molecule has 0 atom stereocenters. The molecule has 0 saturated carbocycles. The Kier molecular flexibility index (Phi) is 4.74. The quantitative estimate of drug-likeness (QED) is 0.744. The van der Waals surface area contributed by atoms with Crippen molar-refractivity contribution >= 4 is 6.03 Å². The van der Waals surface area contributed by atoms with Crippen LogP contribution in [0.1, 0.15) is 5.56 Å². The van der Waals surface area contributed by atoms with E-state index in [4.69, 9.17) is 11.2 Å². The van der Waals surface area contributed by atoms with Gasteiger partial charge in [0.05, 0.1) is 13.7 Å². The van der Waals surface area contributed by atoms with Gasteiger partial charge < -0.3 is 15.4 Å². The van der Waals surface area contributed by atoms with E-state index in [1.807, 2.05) is 24.3 Å². The Hall–Kier alpha value is -2.15. The molecule has 0 fully saturated rings. The summed E-state index contributed by atoms with van der Waals surface area (Å²) in [6.07, 6.45) is 5.01. The maximum Gasteiger partial charge on any atom is 0.315 e. The molecule has 0 radical (unpaired) electrons. The third-order valence-corrected chi connectivity index (χ3v) is 1.96. The number of carbonyl (C=O) groups excluding carboxylic acids is 1. The SMILES string of the molecule is C#CCNC(=O)NCc1ccc(OC)cc1. The van der Waals surface area contributed by atoms with Crippen molar-refractivity contribution in [2.24, 2.45) is 0 Å². The molecule has 1 aromatic rings. The zero-order valence-electron chi connectivity index (χ0n) is 9.12. The van der Waals surface area contributed by atoms with Crippen LogP contribution in [-0.4, -0.2) is 19.7 Å². The first-order valence-corrected chi connectivity index (χ1v) is 4.84. The largest absolute Gasteiger partial charge is 0.497 e. The van der Waals surface area contributed by atoms with Crippen molar-refractivity contribution in [1.29, 1.82) is 0 Å². The number of amides is 2. The average Bonchev–Trinajstić information content (AvgIpc) is 2.34. The zero-order chi connectivity index (χ0) is 11.8. The summed E-state index contributed by atoms with van der Waals surface area (Å²) >= 11 is 0. The van der Waals surface area contributed by atoms with E-state index in [1.54, 1.807) is 7.11 Å². The van der Waals surface area contributed by atoms with Crippen LogP contribution in [0, 0.1) is 12.3 Å². The lowest BCUT2D eigenvalue weighted by Gasteiger charge is -2.06. The topological polar surface area (TPSA) is 50.4 Å². The lowest BCUT2D eigenvalue weighted by Crippen LogP contribution is -2.35. The predicted molar refractivity (Wildman–Crippen MR) is 62.1 cm³/mol. The molecule has 0 aliphatic carbocycles. The van der Waals surface area contributed by atoms with Crippen LogP contribution >= 0.6 is 0 Å². The summed E-state index contributed by atoms with van der Waals surface area (Å²) in [7, 11) is 1.61. The van der Waals surface area contributed by atoms with Gasteiger partial charge in [0, 0.05) is 6.54 Å². The standard InChI is InChI=1S/C12H14N2O2/c1-3-8-13-12(15)14-9-10-4-6-11(16-2)7-5-10/h1,4-7H,8-9H2,2H3,(H2,13,14,15). The zero-order valence-corrected chi connectivity index (χ0v) is 9.12. The number of urea groups is 1. The van der Waals surface area contributed by atoms with Crippen molar-refractivity contribution in [2.75, 3.05) is 13.7 Å². The number of benzene rings is 1. The van der Waals surface area contributed by atoms with E-state index < -0.39 is 0 Å². The highest BCUT2D eigenvalue weighted by molar-refractivity contribution is 5.74. The molecule has 0 unspecified atom stereocenters. The van der Waals surface area contributed by atoms with Gasteiger partial charge in [-0.25, -0.2) is 4.79 Å². The molecule has 4 nitrogen and oxygen atoms in total. The molecule has 0 aliphatic rings. The Morgan fingerprint density at radius 1 is 1.38 bits per heavy atom. The van der Waals surface area contributed by atoms with Crippen molar-refractivity contribution in [3.8, 4) is 18.1 Å². The first-order chi connectivity index (χ1) is 7.76. The number of hydrogen-bond acceptors (Lipinski definition) is 2. The average molecular weight is 218 g/mol. The highest BCUT2D eigenvalue weighted by Gasteiger charge is 1.98. The molecule has 84 valence electrons. The van der Waals surface area contributed by atoms with Crippen molar-refractivity contribution in [1.82, 2.24) is 10.6 Å². The van der Waals surface area contributed by atoms with E-state index >= 15 is 0 Å². The van der Waals surface area contributed by atoms with Gasteiger partial charge in [-0.15, -0.1) is 6.42 Å². The minimum atomic E-state index is -0.270. The van der Waals surface area contributed by atoms with E-state index in [9.17, 15) is 4.79 Å². The van der Waals surface area contributed by atoms with Gasteiger partial charge in [-0.05, 0) is 17.7 Å². The molecule has 2 amide bonds. The number of nitrogens with one attached hydrogen (secondary N) is 2. The number of ether oxygens (including phenoxy) is 1. The summed E-state index contributed by atoms with van der Waals surface area (Å²) in [5, 5.41) is 5.20. The molecule has 1 rings (SSSR count). The van der Waals surface area contributed by atoms with Gasteiger partial charge >= 0.3 is 6.03 Å². The molecule has 0 bridgehead atoms. The van der Waals surface area contributed by atoms with E-state index in [-0.39, 0.29) is 12.6 Å². The lowest BCUT2D eigenvalue weighted by molar-refractivity contribution is 0.241. The number of terminal acetylenes is 1. The van der Waals surface area contributed by atoms with Crippen molar-refractivity contribution in [3.05, 3.63) is 29.8 Å². The van der Waals surface area contributed by atoms with E-state index in [0.717, 1.165) is 11.3 Å². The molecular weight excluding hydrogens is 204 g/mol. The molecule has 16 heavy (non-hydrogen) atoms. The van der Waals surface area contributed by atoms with Gasteiger partial charge in [-0.3, -0.25) is 0 Å². The summed E-state index contributed by atoms with van der Waals surface area (Å²) in [4.78, 5) is 11.2. The van der Waals surface area contributed by atoms with Crippen LogP contribution in [-0.2, 0) is 6.54 Å². The van der Waals surface area contributed by atoms with E-state index in [1.165, 1.54) is 0 Å². The van der Waals surface area contributed by atoms with Gasteiger partial charge in [-0.2, -0.15) is 0 Å². The molecule has 0 spiro atoms. The Morgan fingerprint density at radius 3 is 2.62 bits per heavy atom.